The predicted octanol–water partition coefficient (Wildman–Crippen LogP) is 2.76. The molecule has 0 aliphatic heterocycles. The Bertz CT molecular complexity index is 396. The molecule has 0 fully saturated rings. The Kier molecular flexibility index (Phi) is 2.87. The molecule has 0 radical (unpaired) electrons. The average Bonchev–Trinajstić information content (AvgIpc) is 2.56. The fraction of sp³-hybridized carbons (Fsp3) is 0.385. The van der Waals surface area contributed by atoms with Gasteiger partial charge in [0.2, 0.25) is 0 Å². The Morgan fingerprint density at radius 1 is 1.47 bits per heavy atom. The zero-order chi connectivity index (χ0) is 10.8. The highest BCUT2D eigenvalue weighted by molar-refractivity contribution is 5.31. The smallest absolute Gasteiger partial charge is 0.123 e. The summed E-state index contributed by atoms with van der Waals surface area (Å²) in [6.07, 6.45) is 4.26. The molecule has 1 N–H and O–H groups in total. The first-order valence-corrected chi connectivity index (χ1v) is 5.28. The predicted molar refractivity (Wildman–Crippen MR) is 58.2 cm³/mol. The second-order valence-corrected chi connectivity index (χ2v) is 4.18. The third kappa shape index (κ3) is 2.45. The van der Waals surface area contributed by atoms with Crippen molar-refractivity contribution in [3.05, 3.63) is 46.8 Å². The molecule has 15 heavy (non-hydrogen) atoms. The Labute approximate surface area is 89.3 Å². The van der Waals surface area contributed by atoms with Crippen LogP contribution in [0, 0.1) is 12.7 Å². The van der Waals surface area contributed by atoms with Gasteiger partial charge in [0, 0.05) is 0 Å². The minimum atomic E-state index is -0.277. The number of aryl methyl sites for hydroxylation is 1. The number of allylic oxidation sites excluding steroid dienone is 1. The van der Waals surface area contributed by atoms with Crippen LogP contribution in [0.15, 0.2) is 29.8 Å². The molecule has 0 spiro atoms. The van der Waals surface area contributed by atoms with Crippen molar-refractivity contribution in [1.29, 1.82) is 0 Å². The molecule has 1 atom stereocenters. The Morgan fingerprint density at radius 2 is 2.27 bits per heavy atom. The first-order chi connectivity index (χ1) is 7.15. The number of halogens is 1. The molecule has 1 aliphatic carbocycles. The number of aliphatic hydroxyl groups excluding tert-OH is 1. The normalized spacial score (nSPS) is 20.5. The summed E-state index contributed by atoms with van der Waals surface area (Å²) in [6, 6.07) is 4.88. The molecule has 2 heteroatoms. The number of aliphatic hydroxyl groups is 1. The first-order valence-electron chi connectivity index (χ1n) is 5.28. The van der Waals surface area contributed by atoms with E-state index in [0.717, 1.165) is 30.4 Å². The second kappa shape index (κ2) is 4.15. The molecule has 0 saturated carbocycles. The zero-order valence-electron chi connectivity index (χ0n) is 8.83. The fourth-order valence-electron chi connectivity index (χ4n) is 2.02. The molecule has 1 nitrogen and oxygen atoms in total. The van der Waals surface area contributed by atoms with Gasteiger partial charge in [0.1, 0.15) is 5.82 Å². The maximum Gasteiger partial charge on any atom is 0.123 e. The Hall–Kier alpha value is -1.15. The Balaban J connectivity index is 2.14. The third-order valence-corrected chi connectivity index (χ3v) is 2.91. The summed E-state index contributed by atoms with van der Waals surface area (Å²) in [4.78, 5) is 0. The summed E-state index contributed by atoms with van der Waals surface area (Å²) in [5.74, 6) is -0.184. The van der Waals surface area contributed by atoms with Gasteiger partial charge in [-0.15, -0.1) is 0 Å². The minimum Gasteiger partial charge on any atom is -0.389 e. The van der Waals surface area contributed by atoms with Crippen molar-refractivity contribution in [2.24, 2.45) is 0 Å². The van der Waals surface area contributed by atoms with Crippen LogP contribution in [0.3, 0.4) is 0 Å². The highest BCUT2D eigenvalue weighted by Crippen LogP contribution is 2.23. The lowest BCUT2D eigenvalue weighted by Crippen LogP contribution is -1.93. The zero-order valence-corrected chi connectivity index (χ0v) is 8.83. The van der Waals surface area contributed by atoms with Crippen LogP contribution in [-0.4, -0.2) is 11.2 Å². The van der Waals surface area contributed by atoms with Crippen molar-refractivity contribution in [3.63, 3.8) is 0 Å². The van der Waals surface area contributed by atoms with Gasteiger partial charge < -0.3 is 5.11 Å². The highest BCUT2D eigenvalue weighted by atomic mass is 19.1. The number of benzene rings is 1. The molecule has 80 valence electrons. The molecule has 1 aliphatic rings. The van der Waals surface area contributed by atoms with Gasteiger partial charge in [0.15, 0.2) is 0 Å². The molecule has 0 saturated heterocycles. The van der Waals surface area contributed by atoms with Crippen LogP contribution in [0.1, 0.15) is 24.0 Å². The van der Waals surface area contributed by atoms with E-state index >= 15 is 0 Å². The van der Waals surface area contributed by atoms with Crippen molar-refractivity contribution in [1.82, 2.24) is 0 Å². The molecular weight excluding hydrogens is 191 g/mol. The minimum absolute atomic E-state index is 0.184. The summed E-state index contributed by atoms with van der Waals surface area (Å²) in [5, 5.41) is 9.35. The van der Waals surface area contributed by atoms with Crippen LogP contribution in [0.5, 0.6) is 0 Å². The lowest BCUT2D eigenvalue weighted by Gasteiger charge is -2.06. The van der Waals surface area contributed by atoms with E-state index in [-0.39, 0.29) is 11.9 Å². The largest absolute Gasteiger partial charge is 0.389 e. The lowest BCUT2D eigenvalue weighted by molar-refractivity contribution is 0.223. The van der Waals surface area contributed by atoms with E-state index < -0.39 is 0 Å². The van der Waals surface area contributed by atoms with E-state index in [9.17, 15) is 9.50 Å². The molecule has 0 heterocycles. The summed E-state index contributed by atoms with van der Waals surface area (Å²) >= 11 is 0. The van der Waals surface area contributed by atoms with Gasteiger partial charge in [-0.25, -0.2) is 4.39 Å². The van der Waals surface area contributed by atoms with Gasteiger partial charge in [0.05, 0.1) is 6.10 Å². The van der Waals surface area contributed by atoms with E-state index in [4.69, 9.17) is 0 Å². The standard InChI is InChI=1S/C13H15FO/c1-9-6-12(14)4-3-11(9)7-10-2-5-13(15)8-10/h3-4,6,8,13,15H,2,5,7H2,1H3. The van der Waals surface area contributed by atoms with Crippen LogP contribution in [0.2, 0.25) is 0 Å². The Morgan fingerprint density at radius 3 is 2.87 bits per heavy atom. The van der Waals surface area contributed by atoms with Gasteiger partial charge in [-0.2, -0.15) is 0 Å². The van der Waals surface area contributed by atoms with Crippen LogP contribution >= 0.6 is 0 Å². The first kappa shape index (κ1) is 10.4. The molecule has 1 unspecified atom stereocenters. The molecule has 0 bridgehead atoms. The maximum absolute atomic E-state index is 12.9. The third-order valence-electron chi connectivity index (χ3n) is 2.91. The monoisotopic (exact) mass is 206 g/mol. The van der Waals surface area contributed by atoms with E-state index in [1.807, 2.05) is 19.1 Å². The van der Waals surface area contributed by atoms with Crippen molar-refractivity contribution in [2.75, 3.05) is 0 Å². The molecular formula is C13H15FO. The van der Waals surface area contributed by atoms with Crippen molar-refractivity contribution in [2.45, 2.75) is 32.3 Å². The van der Waals surface area contributed by atoms with E-state index in [0.29, 0.717) is 0 Å². The van der Waals surface area contributed by atoms with Gasteiger partial charge in [-0.05, 0) is 49.4 Å². The molecule has 0 amide bonds. The average molecular weight is 206 g/mol. The van der Waals surface area contributed by atoms with Gasteiger partial charge in [-0.3, -0.25) is 0 Å². The van der Waals surface area contributed by atoms with Crippen molar-refractivity contribution in [3.8, 4) is 0 Å². The van der Waals surface area contributed by atoms with Crippen LogP contribution < -0.4 is 0 Å². The lowest BCUT2D eigenvalue weighted by atomic mass is 10.0. The molecule has 2 rings (SSSR count). The van der Waals surface area contributed by atoms with Gasteiger partial charge in [-0.1, -0.05) is 17.7 Å². The fourth-order valence-corrected chi connectivity index (χ4v) is 2.02. The van der Waals surface area contributed by atoms with Gasteiger partial charge in [0.25, 0.3) is 0 Å². The van der Waals surface area contributed by atoms with Crippen molar-refractivity contribution >= 4 is 0 Å². The number of hydrogen-bond donors (Lipinski definition) is 1. The summed E-state index contributed by atoms with van der Waals surface area (Å²) < 4.78 is 12.9. The number of rotatable bonds is 2. The second-order valence-electron chi connectivity index (χ2n) is 4.18. The van der Waals surface area contributed by atoms with Crippen LogP contribution in [-0.2, 0) is 6.42 Å². The summed E-state index contributed by atoms with van der Waals surface area (Å²) in [5.41, 5.74) is 3.39. The van der Waals surface area contributed by atoms with Crippen LogP contribution in [0.25, 0.3) is 0 Å². The topological polar surface area (TPSA) is 20.2 Å². The van der Waals surface area contributed by atoms with Crippen LogP contribution in [0.4, 0.5) is 4.39 Å². The van der Waals surface area contributed by atoms with E-state index in [1.54, 1.807) is 6.07 Å². The molecule has 1 aromatic rings. The quantitative estimate of drug-likeness (QED) is 0.738. The van der Waals surface area contributed by atoms with E-state index in [2.05, 4.69) is 0 Å². The molecule has 0 aromatic heterocycles. The van der Waals surface area contributed by atoms with Gasteiger partial charge >= 0.3 is 0 Å². The summed E-state index contributed by atoms with van der Waals surface area (Å²) in [6.45, 7) is 1.92. The van der Waals surface area contributed by atoms with E-state index in [1.165, 1.54) is 11.6 Å². The number of hydrogen-bond acceptors (Lipinski definition) is 1. The SMILES string of the molecule is Cc1cc(F)ccc1CC1=CC(O)CC1. The molecule has 1 aromatic carbocycles. The maximum atomic E-state index is 12.9. The summed E-state index contributed by atoms with van der Waals surface area (Å²) in [7, 11) is 0. The highest BCUT2D eigenvalue weighted by Gasteiger charge is 2.13. The van der Waals surface area contributed by atoms with Crippen molar-refractivity contribution < 1.29 is 9.50 Å².